The summed E-state index contributed by atoms with van der Waals surface area (Å²) in [7, 11) is 5.50. The Balaban J connectivity index is 1.63. The summed E-state index contributed by atoms with van der Waals surface area (Å²) < 4.78 is 8.17. The molecule has 1 aliphatic rings. The molecule has 6 heteroatoms. The minimum Gasteiger partial charge on any atom is -0.465 e. The lowest BCUT2D eigenvalue weighted by Crippen LogP contribution is -2.29. The molecule has 0 spiro atoms. The lowest BCUT2D eigenvalue weighted by molar-refractivity contribution is -0.642. The van der Waals surface area contributed by atoms with Gasteiger partial charge in [-0.3, -0.25) is 0 Å². The van der Waals surface area contributed by atoms with Gasteiger partial charge in [0, 0.05) is 30.6 Å². The Bertz CT molecular complexity index is 1540. The van der Waals surface area contributed by atoms with Crippen LogP contribution in [0, 0.1) is 0 Å². The number of hydrogen-bond acceptors (Lipinski definition) is 5. The predicted molar refractivity (Wildman–Crippen MR) is 147 cm³/mol. The van der Waals surface area contributed by atoms with Crippen molar-refractivity contribution in [2.45, 2.75) is 6.61 Å². The van der Waals surface area contributed by atoms with Gasteiger partial charge < -0.3 is 14.7 Å². The molecule has 0 amide bonds. The van der Waals surface area contributed by atoms with Crippen LogP contribution in [0.15, 0.2) is 84.6 Å². The number of aryl methyl sites for hydroxylation is 1. The van der Waals surface area contributed by atoms with Crippen molar-refractivity contribution < 1.29 is 19.2 Å². The maximum absolute atomic E-state index is 12.0. The Morgan fingerprint density at radius 3 is 2.56 bits per heavy atom. The lowest BCUT2D eigenvalue weighted by Gasteiger charge is -2.26. The van der Waals surface area contributed by atoms with Crippen molar-refractivity contribution in [3.05, 3.63) is 112 Å². The fourth-order valence-electron chi connectivity index (χ4n) is 4.36. The number of rotatable bonds is 5. The summed E-state index contributed by atoms with van der Waals surface area (Å²) in [6.45, 7) is 0.0149. The van der Waals surface area contributed by atoms with E-state index in [-0.39, 0.29) is 12.6 Å². The minimum atomic E-state index is -0.354. The van der Waals surface area contributed by atoms with Gasteiger partial charge in [-0.05, 0) is 58.7 Å². The standard InChI is InChI=1S/C30H27N2O3S/c1-31-25(14-13-22-6-4-5-7-26(22)31)17-24(21-9-11-23(12-10-21)30(34)35-3)18-29-32(2)27-16-20(19-33)8-15-28(27)36-29/h4-18,33H,19H2,1-3H3/q+1. The molecule has 4 aromatic rings. The van der Waals surface area contributed by atoms with E-state index in [0.29, 0.717) is 5.56 Å². The van der Waals surface area contributed by atoms with Gasteiger partial charge in [0.1, 0.15) is 11.7 Å². The molecule has 36 heavy (non-hydrogen) atoms. The highest BCUT2D eigenvalue weighted by Gasteiger charge is 2.18. The number of anilines is 1. The van der Waals surface area contributed by atoms with Crippen molar-refractivity contribution in [3.8, 4) is 0 Å². The number of nitrogens with zero attached hydrogens (tertiary/aromatic N) is 2. The molecule has 0 bridgehead atoms. The van der Waals surface area contributed by atoms with Crippen LogP contribution in [0.25, 0.3) is 27.9 Å². The third kappa shape index (κ3) is 4.49. The number of para-hydroxylation sites is 1. The summed E-state index contributed by atoms with van der Waals surface area (Å²) >= 11 is 1.70. The van der Waals surface area contributed by atoms with Crippen molar-refractivity contribution in [2.75, 3.05) is 19.1 Å². The van der Waals surface area contributed by atoms with Gasteiger partial charge in [0.2, 0.25) is 5.52 Å². The van der Waals surface area contributed by atoms with E-state index in [1.807, 2.05) is 43.4 Å². The van der Waals surface area contributed by atoms with Gasteiger partial charge in [-0.2, -0.15) is 4.57 Å². The molecule has 2 heterocycles. The first-order valence-corrected chi connectivity index (χ1v) is 12.5. The highest BCUT2D eigenvalue weighted by atomic mass is 32.1. The van der Waals surface area contributed by atoms with E-state index in [9.17, 15) is 9.90 Å². The molecule has 5 nitrogen and oxygen atoms in total. The van der Waals surface area contributed by atoms with E-state index in [0.717, 1.165) is 43.3 Å². The Morgan fingerprint density at radius 2 is 1.81 bits per heavy atom. The lowest BCUT2D eigenvalue weighted by atomic mass is 10.00. The largest absolute Gasteiger partial charge is 0.465 e. The van der Waals surface area contributed by atoms with Crippen LogP contribution < -0.4 is 9.47 Å². The first-order valence-electron chi connectivity index (χ1n) is 11.6. The third-order valence-corrected chi connectivity index (χ3v) is 7.62. The number of esters is 1. The molecule has 5 rings (SSSR count). The van der Waals surface area contributed by atoms with Crippen LogP contribution in [-0.2, 0) is 18.4 Å². The van der Waals surface area contributed by atoms with E-state index in [4.69, 9.17) is 4.74 Å². The van der Waals surface area contributed by atoms with Crippen LogP contribution in [0.3, 0.4) is 0 Å². The van der Waals surface area contributed by atoms with Crippen LogP contribution in [0.2, 0.25) is 0 Å². The van der Waals surface area contributed by atoms with Gasteiger partial charge in [-0.15, -0.1) is 0 Å². The van der Waals surface area contributed by atoms with Crippen LogP contribution in [0.4, 0.5) is 5.69 Å². The SMILES string of the molecule is COC(=O)c1ccc(C(=C\c2sc3ccc(CO)cc3[n+]2C)/C=C2\C=Cc3ccccc3N2C)cc1. The topological polar surface area (TPSA) is 53.7 Å². The summed E-state index contributed by atoms with van der Waals surface area (Å²) in [4.78, 5) is 14.2. The summed E-state index contributed by atoms with van der Waals surface area (Å²) in [6.07, 6.45) is 8.60. The number of fused-ring (bicyclic) bond motifs is 2. The molecule has 1 N–H and O–H groups in total. The number of ether oxygens (including phenoxy) is 1. The van der Waals surface area contributed by atoms with Gasteiger partial charge >= 0.3 is 5.97 Å². The van der Waals surface area contributed by atoms with Crippen molar-refractivity contribution in [2.24, 2.45) is 7.05 Å². The van der Waals surface area contributed by atoms with Gasteiger partial charge in [0.25, 0.3) is 5.01 Å². The van der Waals surface area contributed by atoms with E-state index in [1.54, 1.807) is 23.5 Å². The van der Waals surface area contributed by atoms with E-state index < -0.39 is 0 Å². The summed E-state index contributed by atoms with van der Waals surface area (Å²) in [5.41, 5.74) is 7.88. The number of benzene rings is 3. The number of carbonyl (C=O) groups is 1. The predicted octanol–water partition coefficient (Wildman–Crippen LogP) is 5.59. The number of thiazole rings is 1. The molecule has 1 aliphatic heterocycles. The first-order chi connectivity index (χ1) is 17.5. The molecule has 0 radical (unpaired) electrons. The fourth-order valence-corrected chi connectivity index (χ4v) is 5.44. The Hall–Kier alpha value is -4.00. The highest BCUT2D eigenvalue weighted by Crippen LogP contribution is 2.32. The Kier molecular flexibility index (Phi) is 6.55. The molecular formula is C30H27N2O3S+. The summed E-state index contributed by atoms with van der Waals surface area (Å²) in [5, 5.41) is 10.7. The second kappa shape index (κ2) is 9.93. The number of carbonyl (C=O) groups excluding carboxylic acids is 1. The highest BCUT2D eigenvalue weighted by molar-refractivity contribution is 7.18. The zero-order valence-electron chi connectivity index (χ0n) is 20.4. The van der Waals surface area contributed by atoms with Crippen LogP contribution >= 0.6 is 11.3 Å². The van der Waals surface area contributed by atoms with Gasteiger partial charge in [-0.25, -0.2) is 4.79 Å². The average molecular weight is 496 g/mol. The van der Waals surface area contributed by atoms with Gasteiger partial charge in [-0.1, -0.05) is 53.8 Å². The van der Waals surface area contributed by atoms with Crippen LogP contribution in [-0.4, -0.2) is 25.2 Å². The normalized spacial score (nSPS) is 14.4. The van der Waals surface area contributed by atoms with Crippen molar-refractivity contribution in [3.63, 3.8) is 0 Å². The Morgan fingerprint density at radius 1 is 1.06 bits per heavy atom. The minimum absolute atomic E-state index is 0.0149. The second-order valence-electron chi connectivity index (χ2n) is 8.65. The van der Waals surface area contributed by atoms with Crippen molar-refractivity contribution in [1.29, 1.82) is 0 Å². The number of allylic oxidation sites excluding steroid dienone is 3. The molecule has 180 valence electrons. The number of likely N-dealkylation sites (N-methyl/N-ethyl adjacent to an activating group) is 1. The molecular weight excluding hydrogens is 468 g/mol. The molecule has 3 aromatic carbocycles. The zero-order valence-corrected chi connectivity index (χ0v) is 21.3. The molecule has 1 aromatic heterocycles. The monoisotopic (exact) mass is 495 g/mol. The zero-order chi connectivity index (χ0) is 25.2. The molecule has 0 aliphatic carbocycles. The summed E-state index contributed by atoms with van der Waals surface area (Å²) in [6, 6.07) is 21.9. The van der Waals surface area contributed by atoms with E-state index in [2.05, 4.69) is 59.0 Å². The van der Waals surface area contributed by atoms with Crippen molar-refractivity contribution in [1.82, 2.24) is 0 Å². The smallest absolute Gasteiger partial charge is 0.337 e. The van der Waals surface area contributed by atoms with Crippen molar-refractivity contribution >= 4 is 50.9 Å². The maximum Gasteiger partial charge on any atom is 0.337 e. The number of aromatic nitrogens is 1. The van der Waals surface area contributed by atoms with E-state index in [1.165, 1.54) is 12.7 Å². The fraction of sp³-hybridized carbons (Fsp3) is 0.133. The third-order valence-electron chi connectivity index (χ3n) is 6.45. The first kappa shape index (κ1) is 23.7. The molecule has 0 unspecified atom stereocenters. The molecule has 0 atom stereocenters. The van der Waals surface area contributed by atoms with Crippen LogP contribution in [0.1, 0.15) is 32.1 Å². The van der Waals surface area contributed by atoms with Gasteiger partial charge in [0.05, 0.1) is 19.3 Å². The quantitative estimate of drug-likeness (QED) is 0.290. The Labute approximate surface area is 214 Å². The maximum atomic E-state index is 12.0. The number of aliphatic hydroxyl groups excluding tert-OH is 1. The number of hydrogen-bond donors (Lipinski definition) is 1. The van der Waals surface area contributed by atoms with Crippen LogP contribution in [0.5, 0.6) is 0 Å². The summed E-state index contributed by atoms with van der Waals surface area (Å²) in [5.74, 6) is -0.354. The van der Waals surface area contributed by atoms with E-state index >= 15 is 0 Å². The molecule has 0 fully saturated rings. The molecule has 0 saturated carbocycles. The molecule has 0 saturated heterocycles. The second-order valence-corrected chi connectivity index (χ2v) is 9.71. The van der Waals surface area contributed by atoms with Gasteiger partial charge in [0.15, 0.2) is 0 Å². The number of aliphatic hydroxyl groups is 1. The average Bonchev–Trinajstić information content (AvgIpc) is 3.23. The number of methoxy groups -OCH3 is 1.